The van der Waals surface area contributed by atoms with Gasteiger partial charge in [0.05, 0.1) is 5.92 Å². The highest BCUT2D eigenvalue weighted by Crippen LogP contribution is 2.39. The van der Waals surface area contributed by atoms with Crippen LogP contribution >= 0.6 is 11.6 Å². The van der Waals surface area contributed by atoms with Crippen molar-refractivity contribution in [2.45, 2.75) is 57.9 Å². The van der Waals surface area contributed by atoms with Gasteiger partial charge in [0.15, 0.2) is 0 Å². The number of carbonyl (C=O) groups excluding carboxylic acids is 1. The monoisotopic (exact) mass is 512 g/mol. The predicted molar refractivity (Wildman–Crippen MR) is 143 cm³/mol. The average Bonchev–Trinajstić information content (AvgIpc) is 2.88. The Hall–Kier alpha value is -2.11. The number of nitrogens with one attached hydrogen (secondary N) is 1. The van der Waals surface area contributed by atoms with E-state index in [0.29, 0.717) is 24.3 Å². The van der Waals surface area contributed by atoms with E-state index in [4.69, 9.17) is 16.3 Å². The molecule has 1 aromatic carbocycles. The van der Waals surface area contributed by atoms with Gasteiger partial charge in [-0.15, -0.1) is 0 Å². The molecular formula is C30H38ClFN2O2. The molecule has 2 aliphatic carbocycles. The fraction of sp³-hybridized carbons (Fsp3) is 0.567. The van der Waals surface area contributed by atoms with Crippen LogP contribution in [0.4, 0.5) is 4.39 Å². The van der Waals surface area contributed by atoms with Crippen molar-refractivity contribution in [1.82, 2.24) is 10.2 Å². The van der Waals surface area contributed by atoms with E-state index in [2.05, 4.69) is 23.2 Å². The van der Waals surface area contributed by atoms with Crippen LogP contribution in [0, 0.1) is 29.5 Å². The summed E-state index contributed by atoms with van der Waals surface area (Å²) in [4.78, 5) is 15.4. The van der Waals surface area contributed by atoms with Crippen LogP contribution in [0.2, 0.25) is 0 Å². The summed E-state index contributed by atoms with van der Waals surface area (Å²) in [6, 6.07) is 5.23. The maximum Gasteiger partial charge on any atom is 0.227 e. The minimum Gasteiger partial charge on any atom is -0.489 e. The lowest BCUT2D eigenvalue weighted by atomic mass is 9.82. The van der Waals surface area contributed by atoms with Gasteiger partial charge >= 0.3 is 0 Å². The van der Waals surface area contributed by atoms with E-state index < -0.39 is 0 Å². The number of allylic oxidation sites excluding steroid dienone is 4. The van der Waals surface area contributed by atoms with Crippen LogP contribution in [0.25, 0.3) is 5.57 Å². The molecule has 4 nitrogen and oxygen atoms in total. The lowest BCUT2D eigenvalue weighted by Gasteiger charge is -2.36. The molecule has 194 valence electrons. The Bertz CT molecular complexity index is 1040. The van der Waals surface area contributed by atoms with Crippen LogP contribution in [0.5, 0.6) is 5.75 Å². The van der Waals surface area contributed by atoms with Crippen molar-refractivity contribution in [2.24, 2.45) is 23.7 Å². The normalized spacial score (nSPS) is 29.1. The Balaban J connectivity index is 1.02. The van der Waals surface area contributed by atoms with Crippen LogP contribution in [0.1, 0.15) is 57.4 Å². The quantitative estimate of drug-likeness (QED) is 0.484. The van der Waals surface area contributed by atoms with E-state index in [9.17, 15) is 9.18 Å². The molecule has 1 saturated carbocycles. The van der Waals surface area contributed by atoms with Gasteiger partial charge in [0.2, 0.25) is 5.91 Å². The van der Waals surface area contributed by atoms with Gasteiger partial charge < -0.3 is 15.0 Å². The van der Waals surface area contributed by atoms with Crippen molar-refractivity contribution in [1.29, 1.82) is 0 Å². The van der Waals surface area contributed by atoms with Crippen LogP contribution in [-0.4, -0.2) is 43.1 Å². The van der Waals surface area contributed by atoms with E-state index >= 15 is 0 Å². The second-order valence-electron chi connectivity index (χ2n) is 11.0. The summed E-state index contributed by atoms with van der Waals surface area (Å²) >= 11 is 6.06. The fourth-order valence-corrected chi connectivity index (χ4v) is 6.68. The number of likely N-dealkylation sites (tertiary alicyclic amines) is 1. The van der Waals surface area contributed by atoms with Crippen molar-refractivity contribution in [3.63, 3.8) is 0 Å². The summed E-state index contributed by atoms with van der Waals surface area (Å²) < 4.78 is 19.3. The molecule has 2 unspecified atom stereocenters. The van der Waals surface area contributed by atoms with E-state index in [0.717, 1.165) is 61.8 Å². The molecule has 4 aliphatic rings. The molecule has 0 aromatic heterocycles. The molecule has 1 saturated heterocycles. The fourth-order valence-electron chi connectivity index (χ4n) is 6.40. The lowest BCUT2D eigenvalue weighted by Crippen LogP contribution is -2.42. The third-order valence-electron chi connectivity index (χ3n) is 8.62. The summed E-state index contributed by atoms with van der Waals surface area (Å²) in [6.45, 7) is 6.00. The second kappa shape index (κ2) is 11.5. The first kappa shape index (κ1) is 25.5. The Morgan fingerprint density at radius 1 is 1.17 bits per heavy atom. The van der Waals surface area contributed by atoms with E-state index in [-0.39, 0.29) is 23.6 Å². The molecule has 1 aromatic rings. The molecule has 0 spiro atoms. The highest BCUT2D eigenvalue weighted by Gasteiger charge is 2.29. The largest absolute Gasteiger partial charge is 0.489 e. The van der Waals surface area contributed by atoms with Gasteiger partial charge in [0.1, 0.15) is 18.2 Å². The van der Waals surface area contributed by atoms with E-state index in [1.807, 2.05) is 24.3 Å². The third kappa shape index (κ3) is 6.06. The second-order valence-corrected chi connectivity index (χ2v) is 11.5. The van der Waals surface area contributed by atoms with Gasteiger partial charge in [-0.3, -0.25) is 4.79 Å². The SMILES string of the molecule is CC1C=C(Cl)C=CC1C(=O)NC1CCC(CCN2CCC(C3=CCOc4cc(F)ccc43)CC2)CC1. The molecule has 1 amide bonds. The van der Waals surface area contributed by atoms with Gasteiger partial charge in [-0.2, -0.15) is 0 Å². The number of fused-ring (bicyclic) bond motifs is 1. The smallest absolute Gasteiger partial charge is 0.227 e. The molecule has 6 heteroatoms. The van der Waals surface area contributed by atoms with Crippen molar-refractivity contribution < 1.29 is 13.9 Å². The number of piperidine rings is 1. The summed E-state index contributed by atoms with van der Waals surface area (Å²) in [5.41, 5.74) is 2.41. The van der Waals surface area contributed by atoms with Gasteiger partial charge in [0.25, 0.3) is 0 Å². The van der Waals surface area contributed by atoms with Crippen LogP contribution in [-0.2, 0) is 4.79 Å². The number of hydrogen-bond donors (Lipinski definition) is 1. The number of halogens is 2. The average molecular weight is 513 g/mol. The van der Waals surface area contributed by atoms with Gasteiger partial charge in [-0.25, -0.2) is 4.39 Å². The molecule has 36 heavy (non-hydrogen) atoms. The first-order valence-corrected chi connectivity index (χ1v) is 14.0. The van der Waals surface area contributed by atoms with Crippen LogP contribution in [0.3, 0.4) is 0 Å². The number of carbonyl (C=O) groups is 1. The van der Waals surface area contributed by atoms with Crippen molar-refractivity contribution in [3.8, 4) is 5.75 Å². The molecule has 2 aliphatic heterocycles. The number of hydrogen-bond acceptors (Lipinski definition) is 3. The topological polar surface area (TPSA) is 41.6 Å². The molecular weight excluding hydrogens is 475 g/mol. The molecule has 2 heterocycles. The minimum absolute atomic E-state index is 0.111. The predicted octanol–water partition coefficient (Wildman–Crippen LogP) is 6.32. The maximum atomic E-state index is 13.6. The van der Waals surface area contributed by atoms with E-state index in [1.165, 1.54) is 37.0 Å². The number of rotatable bonds is 6. The Morgan fingerprint density at radius 3 is 2.69 bits per heavy atom. The summed E-state index contributed by atoms with van der Waals surface area (Å²) in [5, 5.41) is 4.02. The summed E-state index contributed by atoms with van der Waals surface area (Å²) in [7, 11) is 0. The maximum absolute atomic E-state index is 13.6. The molecule has 0 radical (unpaired) electrons. The lowest BCUT2D eigenvalue weighted by molar-refractivity contribution is -0.125. The number of benzene rings is 1. The number of ether oxygens (including phenoxy) is 1. The van der Waals surface area contributed by atoms with Crippen LogP contribution in [0.15, 0.2) is 47.5 Å². The molecule has 0 bridgehead atoms. The highest BCUT2D eigenvalue weighted by molar-refractivity contribution is 6.31. The van der Waals surface area contributed by atoms with Gasteiger partial charge in [-0.1, -0.05) is 30.7 Å². The highest BCUT2D eigenvalue weighted by atomic mass is 35.5. The Morgan fingerprint density at radius 2 is 1.94 bits per heavy atom. The third-order valence-corrected chi connectivity index (χ3v) is 8.88. The molecule has 5 rings (SSSR count). The zero-order valence-corrected chi connectivity index (χ0v) is 22.0. The first-order chi connectivity index (χ1) is 17.5. The summed E-state index contributed by atoms with van der Waals surface area (Å²) in [6.07, 6.45) is 16.0. The summed E-state index contributed by atoms with van der Waals surface area (Å²) in [5.74, 6) is 1.90. The van der Waals surface area contributed by atoms with Gasteiger partial charge in [0, 0.05) is 22.7 Å². The Kier molecular flexibility index (Phi) is 8.17. The molecule has 2 atom stereocenters. The number of nitrogens with zero attached hydrogens (tertiary/aromatic N) is 1. The molecule has 2 fully saturated rings. The molecule has 1 N–H and O–H groups in total. The minimum atomic E-state index is -0.236. The van der Waals surface area contributed by atoms with Crippen LogP contribution < -0.4 is 10.1 Å². The van der Waals surface area contributed by atoms with Gasteiger partial charge in [-0.05, 0) is 112 Å². The van der Waals surface area contributed by atoms with Crippen molar-refractivity contribution >= 4 is 23.1 Å². The standard InChI is InChI=1S/C30H38ClFN2O2/c1-20-18-23(31)4-8-26(20)30(35)33-25-6-2-21(3-7-25)10-14-34-15-11-22(12-16-34)27-13-17-36-29-19-24(32)5-9-28(27)29/h4-5,8-9,13,18-22,25-26H,2-3,6-7,10-12,14-17H2,1H3,(H,33,35). The Labute approximate surface area is 219 Å². The van der Waals surface area contributed by atoms with E-state index in [1.54, 1.807) is 0 Å². The zero-order chi connectivity index (χ0) is 25.1. The van der Waals surface area contributed by atoms with Crippen molar-refractivity contribution in [3.05, 3.63) is 58.9 Å². The zero-order valence-electron chi connectivity index (χ0n) is 21.2. The van der Waals surface area contributed by atoms with Crippen molar-refractivity contribution in [2.75, 3.05) is 26.2 Å². The number of amides is 1. The first-order valence-electron chi connectivity index (χ1n) is 13.7.